The SMILES string of the molecule is Cc1cccc(OCC(O)CN(C)[C@H](C)C(N)=O)c1. The summed E-state index contributed by atoms with van der Waals surface area (Å²) in [5.74, 6) is 0.318. The van der Waals surface area contributed by atoms with Crippen LogP contribution in [0.3, 0.4) is 0 Å². The molecule has 0 heterocycles. The van der Waals surface area contributed by atoms with Crippen LogP contribution in [0.4, 0.5) is 0 Å². The summed E-state index contributed by atoms with van der Waals surface area (Å²) in [6.07, 6.45) is -0.674. The number of aliphatic hydroxyl groups is 1. The summed E-state index contributed by atoms with van der Waals surface area (Å²) in [7, 11) is 1.74. The van der Waals surface area contributed by atoms with Crippen molar-refractivity contribution in [1.29, 1.82) is 0 Å². The first kappa shape index (κ1) is 15.5. The number of ether oxygens (including phenoxy) is 1. The molecule has 5 heteroatoms. The molecule has 1 aromatic carbocycles. The summed E-state index contributed by atoms with van der Waals surface area (Å²) >= 11 is 0. The minimum atomic E-state index is -0.674. The number of hydrogen-bond donors (Lipinski definition) is 2. The third kappa shape index (κ3) is 5.28. The van der Waals surface area contributed by atoms with Crippen molar-refractivity contribution in [2.24, 2.45) is 5.73 Å². The number of carbonyl (C=O) groups is 1. The average molecular weight is 266 g/mol. The van der Waals surface area contributed by atoms with E-state index < -0.39 is 18.1 Å². The minimum absolute atomic E-state index is 0.180. The van der Waals surface area contributed by atoms with E-state index in [0.717, 1.165) is 11.3 Å². The smallest absolute Gasteiger partial charge is 0.234 e. The summed E-state index contributed by atoms with van der Waals surface area (Å²) in [6, 6.07) is 7.22. The minimum Gasteiger partial charge on any atom is -0.491 e. The molecule has 1 amide bonds. The van der Waals surface area contributed by atoms with Crippen LogP contribution in [0.5, 0.6) is 5.75 Å². The molecule has 5 nitrogen and oxygen atoms in total. The zero-order chi connectivity index (χ0) is 14.4. The lowest BCUT2D eigenvalue weighted by molar-refractivity contribution is -0.122. The quantitative estimate of drug-likeness (QED) is 0.755. The van der Waals surface area contributed by atoms with Crippen LogP contribution in [0.2, 0.25) is 0 Å². The predicted molar refractivity (Wildman–Crippen MR) is 74.0 cm³/mol. The third-order valence-corrected chi connectivity index (χ3v) is 3.00. The van der Waals surface area contributed by atoms with Crippen LogP contribution < -0.4 is 10.5 Å². The molecule has 0 spiro atoms. The fourth-order valence-electron chi connectivity index (χ4n) is 1.66. The highest BCUT2D eigenvalue weighted by molar-refractivity contribution is 5.79. The molecule has 0 aliphatic rings. The maximum Gasteiger partial charge on any atom is 0.234 e. The van der Waals surface area contributed by atoms with Crippen molar-refractivity contribution in [2.75, 3.05) is 20.2 Å². The first-order valence-electron chi connectivity index (χ1n) is 6.27. The second-order valence-electron chi connectivity index (χ2n) is 4.80. The van der Waals surface area contributed by atoms with Gasteiger partial charge >= 0.3 is 0 Å². The Balaban J connectivity index is 2.39. The zero-order valence-electron chi connectivity index (χ0n) is 11.7. The highest BCUT2D eigenvalue weighted by Gasteiger charge is 2.18. The monoisotopic (exact) mass is 266 g/mol. The standard InChI is InChI=1S/C14H22N2O3/c1-10-5-4-6-13(7-10)19-9-12(17)8-16(3)11(2)14(15)18/h4-7,11-12,17H,8-9H2,1-3H3,(H2,15,18)/t11-,12?/m1/s1. The van der Waals surface area contributed by atoms with Crippen LogP contribution in [0.15, 0.2) is 24.3 Å². The van der Waals surface area contributed by atoms with E-state index in [1.807, 2.05) is 31.2 Å². The molecule has 19 heavy (non-hydrogen) atoms. The summed E-state index contributed by atoms with van der Waals surface area (Å²) in [5, 5.41) is 9.86. The van der Waals surface area contributed by atoms with E-state index in [9.17, 15) is 9.90 Å². The molecule has 0 bridgehead atoms. The van der Waals surface area contributed by atoms with Crippen LogP contribution in [-0.2, 0) is 4.79 Å². The topological polar surface area (TPSA) is 75.8 Å². The van der Waals surface area contributed by atoms with Crippen molar-refractivity contribution in [3.8, 4) is 5.75 Å². The molecule has 0 aliphatic heterocycles. The number of aryl methyl sites for hydroxylation is 1. The van der Waals surface area contributed by atoms with Gasteiger partial charge in [-0.15, -0.1) is 0 Å². The second-order valence-corrected chi connectivity index (χ2v) is 4.80. The van der Waals surface area contributed by atoms with Crippen molar-refractivity contribution >= 4 is 5.91 Å². The lowest BCUT2D eigenvalue weighted by Crippen LogP contribution is -2.44. The van der Waals surface area contributed by atoms with E-state index >= 15 is 0 Å². The van der Waals surface area contributed by atoms with Gasteiger partial charge in [-0.3, -0.25) is 9.69 Å². The van der Waals surface area contributed by atoms with Crippen LogP contribution in [-0.4, -0.2) is 48.3 Å². The third-order valence-electron chi connectivity index (χ3n) is 3.00. The van der Waals surface area contributed by atoms with Crippen LogP contribution >= 0.6 is 0 Å². The maximum absolute atomic E-state index is 11.0. The highest BCUT2D eigenvalue weighted by atomic mass is 16.5. The Bertz CT molecular complexity index is 423. The molecular formula is C14H22N2O3. The molecule has 1 rings (SSSR count). The Hall–Kier alpha value is -1.59. The number of aliphatic hydroxyl groups excluding tert-OH is 1. The van der Waals surface area contributed by atoms with E-state index in [1.54, 1.807) is 18.9 Å². The normalized spacial score (nSPS) is 14.2. The van der Waals surface area contributed by atoms with Crippen LogP contribution in [0.25, 0.3) is 0 Å². The maximum atomic E-state index is 11.0. The van der Waals surface area contributed by atoms with Gasteiger partial charge < -0.3 is 15.6 Å². The molecule has 0 aromatic heterocycles. The van der Waals surface area contributed by atoms with Gasteiger partial charge in [-0.1, -0.05) is 12.1 Å². The molecule has 3 N–H and O–H groups in total. The summed E-state index contributed by atoms with van der Waals surface area (Å²) in [5.41, 5.74) is 6.30. The molecule has 0 fully saturated rings. The van der Waals surface area contributed by atoms with Gasteiger partial charge in [0.2, 0.25) is 5.91 Å². The number of primary amides is 1. The largest absolute Gasteiger partial charge is 0.491 e. The fraction of sp³-hybridized carbons (Fsp3) is 0.500. The number of hydrogen-bond acceptors (Lipinski definition) is 4. The lowest BCUT2D eigenvalue weighted by atomic mass is 10.2. The molecular weight excluding hydrogens is 244 g/mol. The Morgan fingerprint density at radius 3 is 2.79 bits per heavy atom. The second kappa shape index (κ2) is 7.11. The van der Waals surface area contributed by atoms with E-state index in [0.29, 0.717) is 6.54 Å². The Morgan fingerprint density at radius 2 is 2.21 bits per heavy atom. The van der Waals surface area contributed by atoms with Gasteiger partial charge in [0, 0.05) is 6.54 Å². The number of amides is 1. The lowest BCUT2D eigenvalue weighted by Gasteiger charge is -2.24. The average Bonchev–Trinajstić information content (AvgIpc) is 2.35. The van der Waals surface area contributed by atoms with E-state index in [1.165, 1.54) is 0 Å². The first-order chi connectivity index (χ1) is 8.90. The molecule has 0 saturated carbocycles. The Kier molecular flexibility index (Phi) is 5.79. The molecule has 2 atom stereocenters. The summed E-state index contributed by atoms with van der Waals surface area (Å²) in [6.45, 7) is 4.19. The molecule has 0 radical (unpaired) electrons. The molecule has 1 unspecified atom stereocenters. The van der Waals surface area contributed by atoms with Crippen LogP contribution in [0, 0.1) is 6.92 Å². The molecule has 0 saturated heterocycles. The van der Waals surface area contributed by atoms with Crippen molar-refractivity contribution < 1.29 is 14.6 Å². The Morgan fingerprint density at radius 1 is 1.53 bits per heavy atom. The van der Waals surface area contributed by atoms with Crippen molar-refractivity contribution in [3.05, 3.63) is 29.8 Å². The summed E-state index contributed by atoms with van der Waals surface area (Å²) in [4.78, 5) is 12.7. The molecule has 1 aromatic rings. The number of rotatable bonds is 7. The van der Waals surface area contributed by atoms with E-state index in [-0.39, 0.29) is 6.61 Å². The molecule has 106 valence electrons. The van der Waals surface area contributed by atoms with Crippen LogP contribution in [0.1, 0.15) is 12.5 Å². The van der Waals surface area contributed by atoms with Crippen molar-refractivity contribution in [1.82, 2.24) is 4.90 Å². The van der Waals surface area contributed by atoms with E-state index in [4.69, 9.17) is 10.5 Å². The fourth-order valence-corrected chi connectivity index (χ4v) is 1.66. The number of benzene rings is 1. The van der Waals surface area contributed by atoms with Gasteiger partial charge in [0.25, 0.3) is 0 Å². The van der Waals surface area contributed by atoms with Gasteiger partial charge in [-0.2, -0.15) is 0 Å². The van der Waals surface area contributed by atoms with Gasteiger partial charge in [0.15, 0.2) is 0 Å². The number of nitrogens with two attached hydrogens (primary N) is 1. The number of carbonyl (C=O) groups excluding carboxylic acids is 1. The predicted octanol–water partition coefficient (Wildman–Crippen LogP) is 0.540. The van der Waals surface area contributed by atoms with Gasteiger partial charge in [-0.05, 0) is 38.6 Å². The van der Waals surface area contributed by atoms with Crippen molar-refractivity contribution in [3.63, 3.8) is 0 Å². The first-order valence-corrected chi connectivity index (χ1v) is 6.27. The van der Waals surface area contributed by atoms with Gasteiger partial charge in [0.05, 0.1) is 6.04 Å². The van der Waals surface area contributed by atoms with Crippen molar-refractivity contribution in [2.45, 2.75) is 26.0 Å². The van der Waals surface area contributed by atoms with E-state index in [2.05, 4.69) is 0 Å². The number of likely N-dealkylation sites (N-methyl/N-ethyl adjacent to an activating group) is 1. The zero-order valence-corrected chi connectivity index (χ0v) is 11.7. The molecule has 0 aliphatic carbocycles. The summed E-state index contributed by atoms with van der Waals surface area (Å²) < 4.78 is 5.50. The van der Waals surface area contributed by atoms with Gasteiger partial charge in [-0.25, -0.2) is 0 Å². The Labute approximate surface area is 114 Å². The number of nitrogens with zero attached hydrogens (tertiary/aromatic N) is 1. The van der Waals surface area contributed by atoms with Gasteiger partial charge in [0.1, 0.15) is 18.5 Å². The highest BCUT2D eigenvalue weighted by Crippen LogP contribution is 2.12.